The van der Waals surface area contributed by atoms with Gasteiger partial charge in [-0.15, -0.1) is 0 Å². The molecule has 5 heteroatoms. The number of carbonyl (C=O) groups excluding carboxylic acids is 1. The fourth-order valence-electron chi connectivity index (χ4n) is 4.60. The molecule has 0 atom stereocenters. The lowest BCUT2D eigenvalue weighted by atomic mass is 9.80. The van der Waals surface area contributed by atoms with Gasteiger partial charge in [0.2, 0.25) is 0 Å². The minimum absolute atomic E-state index is 0.0638. The predicted octanol–water partition coefficient (Wildman–Crippen LogP) is 5.75. The molecule has 0 saturated carbocycles. The zero-order valence-corrected chi connectivity index (χ0v) is 17.5. The number of carbonyl (C=O) groups is 1. The molecule has 1 heterocycles. The number of hydrogen-bond donors (Lipinski definition) is 0. The highest BCUT2D eigenvalue weighted by Crippen LogP contribution is 2.45. The van der Waals surface area contributed by atoms with Gasteiger partial charge in [0.25, 0.3) is 5.70 Å². The zero-order chi connectivity index (χ0) is 22.1. The summed E-state index contributed by atoms with van der Waals surface area (Å²) in [5.41, 5.74) is 7.28. The van der Waals surface area contributed by atoms with E-state index in [0.29, 0.717) is 5.57 Å². The summed E-state index contributed by atoms with van der Waals surface area (Å²) in [6.07, 6.45) is 10.8. The van der Waals surface area contributed by atoms with Crippen LogP contribution in [0.1, 0.15) is 30.4 Å². The number of nitrogens with zero attached hydrogens (tertiary/aromatic N) is 2. The van der Waals surface area contributed by atoms with Gasteiger partial charge in [-0.3, -0.25) is 14.9 Å². The van der Waals surface area contributed by atoms with Crippen LogP contribution in [-0.2, 0) is 11.3 Å². The van der Waals surface area contributed by atoms with E-state index in [-0.39, 0.29) is 11.5 Å². The van der Waals surface area contributed by atoms with E-state index in [1.54, 1.807) is 0 Å². The molecule has 0 radical (unpaired) electrons. The van der Waals surface area contributed by atoms with Crippen molar-refractivity contribution in [1.82, 2.24) is 0 Å². The Kier molecular flexibility index (Phi) is 5.15. The first-order chi connectivity index (χ1) is 15.6. The van der Waals surface area contributed by atoms with Crippen molar-refractivity contribution in [2.24, 2.45) is 0 Å². The SMILES string of the molecule is O=C1C=CC([N+](=O)[O-])=C/C1=C/C1=C2C(=CN(Cc3ccccc3)c3ccccc32)CCC1. The molecule has 0 unspecified atom stereocenters. The van der Waals surface area contributed by atoms with Crippen LogP contribution in [0.4, 0.5) is 5.69 Å². The molecule has 158 valence electrons. The van der Waals surface area contributed by atoms with Crippen LogP contribution >= 0.6 is 0 Å². The first kappa shape index (κ1) is 19.9. The van der Waals surface area contributed by atoms with E-state index in [9.17, 15) is 14.9 Å². The maximum Gasteiger partial charge on any atom is 0.270 e. The summed E-state index contributed by atoms with van der Waals surface area (Å²) in [6, 6.07) is 18.7. The third kappa shape index (κ3) is 3.73. The van der Waals surface area contributed by atoms with E-state index in [1.165, 1.54) is 29.4 Å². The Balaban J connectivity index is 1.61. The molecule has 2 aromatic rings. The smallest absolute Gasteiger partial charge is 0.270 e. The molecule has 0 fully saturated rings. The summed E-state index contributed by atoms with van der Waals surface area (Å²) in [6.45, 7) is 0.781. The van der Waals surface area contributed by atoms with E-state index < -0.39 is 4.92 Å². The van der Waals surface area contributed by atoms with Crippen molar-refractivity contribution in [2.45, 2.75) is 25.8 Å². The van der Waals surface area contributed by atoms with Gasteiger partial charge in [-0.2, -0.15) is 0 Å². The number of nitro groups is 1. The molecule has 5 rings (SSSR count). The quantitative estimate of drug-likeness (QED) is 0.357. The molecular formula is C27H22N2O3. The summed E-state index contributed by atoms with van der Waals surface area (Å²) in [7, 11) is 0. The van der Waals surface area contributed by atoms with Gasteiger partial charge in [-0.1, -0.05) is 48.5 Å². The maximum absolute atomic E-state index is 12.4. The second kappa shape index (κ2) is 8.27. The van der Waals surface area contributed by atoms with Crippen LogP contribution in [0.25, 0.3) is 5.57 Å². The molecule has 0 bridgehead atoms. The van der Waals surface area contributed by atoms with Gasteiger partial charge in [-0.05, 0) is 59.8 Å². The predicted molar refractivity (Wildman–Crippen MR) is 125 cm³/mol. The molecule has 0 N–H and O–H groups in total. The number of ketones is 1. The Bertz CT molecular complexity index is 1260. The van der Waals surface area contributed by atoms with E-state index >= 15 is 0 Å². The summed E-state index contributed by atoms with van der Waals surface area (Å²) < 4.78 is 0. The number of rotatable bonds is 4. The summed E-state index contributed by atoms with van der Waals surface area (Å²) in [5.74, 6) is -0.199. The lowest BCUT2D eigenvalue weighted by Gasteiger charge is -2.34. The van der Waals surface area contributed by atoms with Crippen LogP contribution in [0.3, 0.4) is 0 Å². The van der Waals surface area contributed by atoms with Crippen molar-refractivity contribution < 1.29 is 9.72 Å². The number of allylic oxidation sites excluding steroid dienone is 8. The van der Waals surface area contributed by atoms with E-state index in [0.717, 1.165) is 48.2 Å². The van der Waals surface area contributed by atoms with E-state index in [4.69, 9.17) is 0 Å². The highest BCUT2D eigenvalue weighted by molar-refractivity contribution is 6.08. The molecule has 0 spiro atoms. The molecule has 0 saturated heterocycles. The fourth-order valence-corrected chi connectivity index (χ4v) is 4.60. The number of hydrogen-bond acceptors (Lipinski definition) is 4. The lowest BCUT2D eigenvalue weighted by molar-refractivity contribution is -0.419. The van der Waals surface area contributed by atoms with E-state index in [2.05, 4.69) is 47.5 Å². The monoisotopic (exact) mass is 422 g/mol. The Morgan fingerprint density at radius 1 is 1.00 bits per heavy atom. The minimum atomic E-state index is -0.460. The van der Waals surface area contributed by atoms with Crippen molar-refractivity contribution in [3.8, 4) is 0 Å². The normalized spacial score (nSPS) is 18.8. The molecular weight excluding hydrogens is 400 g/mol. The van der Waals surface area contributed by atoms with Crippen LogP contribution < -0.4 is 4.90 Å². The largest absolute Gasteiger partial charge is 0.343 e. The third-order valence-corrected chi connectivity index (χ3v) is 6.06. The summed E-state index contributed by atoms with van der Waals surface area (Å²) in [4.78, 5) is 25.5. The molecule has 2 aliphatic carbocycles. The van der Waals surface area contributed by atoms with Crippen molar-refractivity contribution in [1.29, 1.82) is 0 Å². The number of anilines is 1. The number of fused-ring (bicyclic) bond motifs is 3. The molecule has 32 heavy (non-hydrogen) atoms. The van der Waals surface area contributed by atoms with Crippen molar-refractivity contribution >= 4 is 17.0 Å². The van der Waals surface area contributed by atoms with Gasteiger partial charge in [0.1, 0.15) is 0 Å². The maximum atomic E-state index is 12.4. The third-order valence-electron chi connectivity index (χ3n) is 6.06. The van der Waals surface area contributed by atoms with Crippen molar-refractivity contribution in [2.75, 3.05) is 4.90 Å². The molecule has 0 aromatic heterocycles. The second-order valence-electron chi connectivity index (χ2n) is 8.16. The molecule has 2 aromatic carbocycles. The second-order valence-corrected chi connectivity index (χ2v) is 8.16. The van der Waals surface area contributed by atoms with E-state index in [1.807, 2.05) is 24.3 Å². The first-order valence-corrected chi connectivity index (χ1v) is 10.7. The van der Waals surface area contributed by atoms with Crippen LogP contribution in [0.2, 0.25) is 0 Å². The Hall–Kier alpha value is -3.99. The van der Waals surface area contributed by atoms with Crippen molar-refractivity contribution in [3.63, 3.8) is 0 Å². The lowest BCUT2D eigenvalue weighted by Crippen LogP contribution is -2.23. The van der Waals surface area contributed by atoms with Gasteiger partial charge >= 0.3 is 0 Å². The van der Waals surface area contributed by atoms with Gasteiger partial charge in [0.15, 0.2) is 5.78 Å². The fraction of sp³-hybridized carbons (Fsp3) is 0.148. The van der Waals surface area contributed by atoms with Gasteiger partial charge in [-0.25, -0.2) is 0 Å². The molecule has 0 amide bonds. The molecule has 1 aliphatic heterocycles. The molecule has 5 nitrogen and oxygen atoms in total. The van der Waals surface area contributed by atoms with Crippen molar-refractivity contribution in [3.05, 3.63) is 129 Å². The number of benzene rings is 2. The topological polar surface area (TPSA) is 63.4 Å². The summed E-state index contributed by atoms with van der Waals surface area (Å²) >= 11 is 0. The zero-order valence-electron chi connectivity index (χ0n) is 17.5. The molecule has 3 aliphatic rings. The summed E-state index contributed by atoms with van der Waals surface area (Å²) in [5, 5.41) is 11.2. The number of para-hydroxylation sites is 1. The standard InChI is InChI=1S/C27H22N2O3/c30-26-14-13-23(29(31)32)16-22(26)15-20-9-6-10-21-18-28(17-19-7-2-1-3-8-19)25-12-5-4-11-24(25)27(20)21/h1-5,7-8,11-16,18H,6,9-10,17H2/b22-15-. The Morgan fingerprint density at radius 2 is 1.78 bits per heavy atom. The van der Waals surface area contributed by atoms with Crippen LogP contribution in [0, 0.1) is 10.1 Å². The Labute approximate surface area is 186 Å². The van der Waals surface area contributed by atoms with Crippen LogP contribution in [0.15, 0.2) is 108 Å². The van der Waals surface area contributed by atoms with Crippen LogP contribution in [0.5, 0.6) is 0 Å². The minimum Gasteiger partial charge on any atom is -0.343 e. The highest BCUT2D eigenvalue weighted by Gasteiger charge is 2.27. The average molecular weight is 422 g/mol. The Morgan fingerprint density at radius 3 is 2.59 bits per heavy atom. The highest BCUT2D eigenvalue weighted by atomic mass is 16.6. The van der Waals surface area contributed by atoms with Gasteiger partial charge < -0.3 is 4.90 Å². The van der Waals surface area contributed by atoms with Gasteiger partial charge in [0.05, 0.1) is 4.92 Å². The van der Waals surface area contributed by atoms with Gasteiger partial charge in [0, 0.05) is 41.7 Å². The van der Waals surface area contributed by atoms with Crippen LogP contribution in [-0.4, -0.2) is 10.7 Å². The average Bonchev–Trinajstić information content (AvgIpc) is 2.81. The first-order valence-electron chi connectivity index (χ1n) is 10.7.